The zero-order valence-electron chi connectivity index (χ0n) is 16.2. The molecule has 3 aromatic rings. The van der Waals surface area contributed by atoms with Gasteiger partial charge in [0, 0.05) is 11.8 Å². The molecule has 0 radical (unpaired) electrons. The lowest BCUT2D eigenvalue weighted by atomic mass is 10.1. The van der Waals surface area contributed by atoms with Gasteiger partial charge in [0.25, 0.3) is 0 Å². The van der Waals surface area contributed by atoms with E-state index in [1.165, 1.54) is 0 Å². The lowest BCUT2D eigenvalue weighted by Crippen LogP contribution is -2.14. The normalized spacial score (nSPS) is 10.7. The number of ether oxygens (including phenoxy) is 2. The monoisotopic (exact) mass is 393 g/mol. The standard InChI is InChI=1S/C23H23NO5/c1-17-7-9-19(10-8-17)23(27)21-6-3-11-24(21)12-13-29-20-5-2-4-18(14-20)15-28-16-22(25)26/h2-11,14H,12-13,15-16H2,1H3,(H,25,26). The van der Waals surface area contributed by atoms with Crippen LogP contribution in [0.1, 0.15) is 27.2 Å². The van der Waals surface area contributed by atoms with E-state index >= 15 is 0 Å². The Hall–Kier alpha value is -3.38. The summed E-state index contributed by atoms with van der Waals surface area (Å²) in [6.07, 6.45) is 1.86. The van der Waals surface area contributed by atoms with Crippen LogP contribution in [0.25, 0.3) is 0 Å². The third kappa shape index (κ3) is 5.80. The molecule has 6 heteroatoms. The van der Waals surface area contributed by atoms with Gasteiger partial charge >= 0.3 is 5.97 Å². The van der Waals surface area contributed by atoms with E-state index in [-0.39, 0.29) is 19.0 Å². The van der Waals surface area contributed by atoms with Crippen LogP contribution in [0.5, 0.6) is 5.75 Å². The summed E-state index contributed by atoms with van der Waals surface area (Å²) in [5, 5.41) is 8.62. The number of ketones is 1. The molecule has 29 heavy (non-hydrogen) atoms. The molecule has 0 aliphatic rings. The molecule has 1 heterocycles. The Morgan fingerprint density at radius 2 is 1.83 bits per heavy atom. The molecule has 0 aliphatic heterocycles. The lowest BCUT2D eigenvalue weighted by molar-refractivity contribution is -0.142. The number of aromatic nitrogens is 1. The molecule has 0 saturated heterocycles. The number of carboxylic acid groups (broad SMARTS) is 1. The van der Waals surface area contributed by atoms with E-state index in [1.54, 1.807) is 0 Å². The summed E-state index contributed by atoms with van der Waals surface area (Å²) < 4.78 is 12.8. The molecule has 1 N–H and O–H groups in total. The van der Waals surface area contributed by atoms with Crippen molar-refractivity contribution in [3.63, 3.8) is 0 Å². The van der Waals surface area contributed by atoms with Crippen molar-refractivity contribution in [2.45, 2.75) is 20.1 Å². The Kier molecular flexibility index (Phi) is 6.81. The van der Waals surface area contributed by atoms with Crippen molar-refractivity contribution in [3.05, 3.63) is 89.2 Å². The van der Waals surface area contributed by atoms with Gasteiger partial charge < -0.3 is 19.1 Å². The van der Waals surface area contributed by atoms with E-state index in [4.69, 9.17) is 14.6 Å². The van der Waals surface area contributed by atoms with Crippen molar-refractivity contribution in [2.24, 2.45) is 0 Å². The van der Waals surface area contributed by atoms with Gasteiger partial charge in [0.2, 0.25) is 5.78 Å². The summed E-state index contributed by atoms with van der Waals surface area (Å²) in [5.41, 5.74) is 3.22. The summed E-state index contributed by atoms with van der Waals surface area (Å²) in [7, 11) is 0. The zero-order valence-corrected chi connectivity index (χ0v) is 16.2. The van der Waals surface area contributed by atoms with Gasteiger partial charge in [0.05, 0.1) is 18.8 Å². The molecule has 1 aromatic heterocycles. The Labute approximate surface area is 169 Å². The fraction of sp³-hybridized carbons (Fsp3) is 0.217. The minimum Gasteiger partial charge on any atom is -0.492 e. The van der Waals surface area contributed by atoms with E-state index in [9.17, 15) is 9.59 Å². The van der Waals surface area contributed by atoms with Crippen molar-refractivity contribution in [3.8, 4) is 5.75 Å². The van der Waals surface area contributed by atoms with E-state index in [2.05, 4.69) is 0 Å². The van der Waals surface area contributed by atoms with Crippen LogP contribution in [0.15, 0.2) is 66.9 Å². The lowest BCUT2D eigenvalue weighted by Gasteiger charge is -2.11. The molecular formula is C23H23NO5. The van der Waals surface area contributed by atoms with E-state index in [1.807, 2.05) is 78.4 Å². The van der Waals surface area contributed by atoms with Crippen LogP contribution in [0.3, 0.4) is 0 Å². The summed E-state index contributed by atoms with van der Waals surface area (Å²) in [5.74, 6) is -0.354. The van der Waals surface area contributed by atoms with Crippen LogP contribution >= 0.6 is 0 Å². The summed E-state index contributed by atoms with van der Waals surface area (Å²) in [4.78, 5) is 23.3. The third-order valence-electron chi connectivity index (χ3n) is 4.37. The predicted molar refractivity (Wildman–Crippen MR) is 108 cm³/mol. The second-order valence-electron chi connectivity index (χ2n) is 6.66. The third-order valence-corrected chi connectivity index (χ3v) is 4.37. The highest BCUT2D eigenvalue weighted by molar-refractivity contribution is 6.08. The van der Waals surface area contributed by atoms with Gasteiger partial charge in [-0.05, 0) is 36.8 Å². The fourth-order valence-electron chi connectivity index (χ4n) is 2.91. The molecule has 0 unspecified atom stereocenters. The van der Waals surface area contributed by atoms with Crippen LogP contribution in [0.2, 0.25) is 0 Å². The number of benzene rings is 2. The zero-order chi connectivity index (χ0) is 20.6. The predicted octanol–water partition coefficient (Wildman–Crippen LogP) is 3.71. The highest BCUT2D eigenvalue weighted by atomic mass is 16.5. The number of carboxylic acids is 1. The summed E-state index contributed by atoms with van der Waals surface area (Å²) in [6.45, 7) is 2.77. The highest BCUT2D eigenvalue weighted by Gasteiger charge is 2.13. The van der Waals surface area contributed by atoms with Gasteiger partial charge in [-0.2, -0.15) is 0 Å². The quantitative estimate of drug-likeness (QED) is 0.532. The van der Waals surface area contributed by atoms with Crippen molar-refractivity contribution in [2.75, 3.05) is 13.2 Å². The molecule has 0 fully saturated rings. The average Bonchev–Trinajstić information content (AvgIpc) is 3.17. The van der Waals surface area contributed by atoms with Gasteiger partial charge in [-0.3, -0.25) is 4.79 Å². The molecule has 0 amide bonds. The number of rotatable bonds is 10. The molecule has 3 rings (SSSR count). The van der Waals surface area contributed by atoms with Crippen LogP contribution < -0.4 is 4.74 Å². The number of carbonyl (C=O) groups is 2. The number of aliphatic carboxylic acids is 1. The number of hydrogen-bond acceptors (Lipinski definition) is 4. The van der Waals surface area contributed by atoms with E-state index in [0.29, 0.717) is 30.2 Å². The minimum atomic E-state index is -1.000. The number of hydrogen-bond donors (Lipinski definition) is 1. The largest absolute Gasteiger partial charge is 0.492 e. The first-order chi connectivity index (χ1) is 14.0. The fourth-order valence-corrected chi connectivity index (χ4v) is 2.91. The van der Waals surface area contributed by atoms with Gasteiger partial charge in [0.1, 0.15) is 19.0 Å². The first kappa shape index (κ1) is 20.4. The Morgan fingerprint density at radius 1 is 1.03 bits per heavy atom. The van der Waals surface area contributed by atoms with Crippen molar-refractivity contribution >= 4 is 11.8 Å². The first-order valence-corrected chi connectivity index (χ1v) is 9.31. The summed E-state index contributed by atoms with van der Waals surface area (Å²) >= 11 is 0. The molecule has 0 spiro atoms. The second-order valence-corrected chi connectivity index (χ2v) is 6.66. The van der Waals surface area contributed by atoms with Crippen molar-refractivity contribution in [1.29, 1.82) is 0 Å². The molecular weight excluding hydrogens is 370 g/mol. The number of nitrogens with zero attached hydrogens (tertiary/aromatic N) is 1. The van der Waals surface area contributed by atoms with Gasteiger partial charge in [-0.25, -0.2) is 4.79 Å². The molecule has 2 aromatic carbocycles. The second kappa shape index (κ2) is 9.71. The van der Waals surface area contributed by atoms with E-state index < -0.39 is 5.97 Å². The molecule has 0 bridgehead atoms. The highest BCUT2D eigenvalue weighted by Crippen LogP contribution is 2.15. The van der Waals surface area contributed by atoms with Crippen molar-refractivity contribution < 1.29 is 24.2 Å². The molecule has 6 nitrogen and oxygen atoms in total. The van der Waals surface area contributed by atoms with Crippen LogP contribution in [-0.2, 0) is 22.7 Å². The molecule has 0 atom stereocenters. The minimum absolute atomic E-state index is 0.0208. The average molecular weight is 393 g/mol. The van der Waals surface area contributed by atoms with Crippen LogP contribution in [-0.4, -0.2) is 34.6 Å². The maximum absolute atomic E-state index is 12.7. The van der Waals surface area contributed by atoms with Gasteiger partial charge in [-0.1, -0.05) is 42.0 Å². The van der Waals surface area contributed by atoms with Gasteiger partial charge in [0.15, 0.2) is 0 Å². The van der Waals surface area contributed by atoms with E-state index in [0.717, 1.165) is 11.1 Å². The maximum Gasteiger partial charge on any atom is 0.329 e. The van der Waals surface area contributed by atoms with Crippen molar-refractivity contribution in [1.82, 2.24) is 4.57 Å². The maximum atomic E-state index is 12.7. The Balaban J connectivity index is 1.56. The topological polar surface area (TPSA) is 77.8 Å². The first-order valence-electron chi connectivity index (χ1n) is 9.31. The summed E-state index contributed by atoms with van der Waals surface area (Å²) in [6, 6.07) is 18.5. The molecule has 0 aliphatic carbocycles. The SMILES string of the molecule is Cc1ccc(C(=O)c2cccn2CCOc2cccc(COCC(=O)O)c2)cc1. The van der Waals surface area contributed by atoms with Crippen LogP contribution in [0, 0.1) is 6.92 Å². The number of carbonyl (C=O) groups excluding carboxylic acids is 1. The number of aryl methyl sites for hydroxylation is 1. The van der Waals surface area contributed by atoms with Gasteiger partial charge in [-0.15, -0.1) is 0 Å². The molecule has 150 valence electrons. The Bertz CT molecular complexity index is 975. The Morgan fingerprint density at radius 3 is 2.59 bits per heavy atom. The smallest absolute Gasteiger partial charge is 0.329 e. The van der Waals surface area contributed by atoms with Crippen LogP contribution in [0.4, 0.5) is 0 Å². The molecule has 0 saturated carbocycles.